The SMILES string of the molecule is CC(C)(C)C1CC(=O)N(c2ccc(Cl)cc2)C1=O. The zero-order valence-electron chi connectivity index (χ0n) is 10.7. The van der Waals surface area contributed by atoms with E-state index in [2.05, 4.69) is 0 Å². The molecule has 0 saturated carbocycles. The van der Waals surface area contributed by atoms with E-state index in [9.17, 15) is 9.59 Å². The molecule has 1 unspecified atom stereocenters. The third kappa shape index (κ3) is 2.27. The fourth-order valence-electron chi connectivity index (χ4n) is 2.17. The van der Waals surface area contributed by atoms with Crippen LogP contribution < -0.4 is 4.90 Å². The molecule has 1 aromatic rings. The van der Waals surface area contributed by atoms with Gasteiger partial charge in [0.15, 0.2) is 0 Å². The van der Waals surface area contributed by atoms with E-state index < -0.39 is 0 Å². The number of carbonyl (C=O) groups excluding carboxylic acids is 2. The van der Waals surface area contributed by atoms with E-state index in [1.165, 1.54) is 4.90 Å². The Bertz CT molecular complexity index is 488. The second-order valence-electron chi connectivity index (χ2n) is 5.67. The van der Waals surface area contributed by atoms with Gasteiger partial charge in [-0.3, -0.25) is 14.5 Å². The predicted molar refractivity (Wildman–Crippen MR) is 71.5 cm³/mol. The molecule has 1 saturated heterocycles. The first kappa shape index (κ1) is 13.1. The summed E-state index contributed by atoms with van der Waals surface area (Å²) in [6.07, 6.45) is 0.283. The van der Waals surface area contributed by atoms with E-state index in [0.29, 0.717) is 10.7 Å². The minimum atomic E-state index is -0.249. The van der Waals surface area contributed by atoms with Gasteiger partial charge in [-0.15, -0.1) is 0 Å². The van der Waals surface area contributed by atoms with Crippen molar-refractivity contribution in [1.82, 2.24) is 0 Å². The maximum Gasteiger partial charge on any atom is 0.237 e. The lowest BCUT2D eigenvalue weighted by atomic mass is 9.80. The highest BCUT2D eigenvalue weighted by Gasteiger charge is 2.45. The van der Waals surface area contributed by atoms with E-state index in [4.69, 9.17) is 11.6 Å². The van der Waals surface area contributed by atoms with Crippen LogP contribution in [0.4, 0.5) is 5.69 Å². The van der Waals surface area contributed by atoms with Crippen LogP contribution >= 0.6 is 11.6 Å². The van der Waals surface area contributed by atoms with Crippen LogP contribution in [0, 0.1) is 11.3 Å². The molecule has 0 N–H and O–H groups in total. The molecule has 0 aromatic heterocycles. The highest BCUT2D eigenvalue weighted by atomic mass is 35.5. The van der Waals surface area contributed by atoms with Crippen molar-refractivity contribution in [3.8, 4) is 0 Å². The van der Waals surface area contributed by atoms with Gasteiger partial charge in [0, 0.05) is 11.4 Å². The summed E-state index contributed by atoms with van der Waals surface area (Å²) in [6, 6.07) is 6.76. The fraction of sp³-hybridized carbons (Fsp3) is 0.429. The topological polar surface area (TPSA) is 37.4 Å². The second kappa shape index (κ2) is 4.39. The van der Waals surface area contributed by atoms with Gasteiger partial charge >= 0.3 is 0 Å². The number of hydrogen-bond donors (Lipinski definition) is 0. The van der Waals surface area contributed by atoms with Crippen molar-refractivity contribution in [3.05, 3.63) is 29.3 Å². The van der Waals surface area contributed by atoms with Crippen molar-refractivity contribution in [2.24, 2.45) is 11.3 Å². The Morgan fingerprint density at radius 1 is 1.17 bits per heavy atom. The van der Waals surface area contributed by atoms with Crippen molar-refractivity contribution >= 4 is 29.1 Å². The van der Waals surface area contributed by atoms with Gasteiger partial charge in [-0.05, 0) is 29.7 Å². The zero-order chi connectivity index (χ0) is 13.5. The van der Waals surface area contributed by atoms with Gasteiger partial charge in [0.2, 0.25) is 11.8 Å². The molecule has 2 amide bonds. The number of halogens is 1. The standard InChI is InChI=1S/C14H16ClNO2/c1-14(2,3)11-8-12(17)16(13(11)18)10-6-4-9(15)5-7-10/h4-7,11H,8H2,1-3H3. The predicted octanol–water partition coefficient (Wildman–Crippen LogP) is 3.27. The van der Waals surface area contributed by atoms with E-state index in [-0.39, 0.29) is 29.6 Å². The summed E-state index contributed by atoms with van der Waals surface area (Å²) in [5.41, 5.74) is 0.398. The number of hydrogen-bond acceptors (Lipinski definition) is 2. The summed E-state index contributed by atoms with van der Waals surface area (Å²) >= 11 is 5.80. The molecule has 1 aliphatic heterocycles. The number of imide groups is 1. The van der Waals surface area contributed by atoms with Crippen LogP contribution in [0.1, 0.15) is 27.2 Å². The molecule has 0 aliphatic carbocycles. The first-order valence-electron chi connectivity index (χ1n) is 5.93. The number of rotatable bonds is 1. The summed E-state index contributed by atoms with van der Waals surface area (Å²) in [4.78, 5) is 25.6. The van der Waals surface area contributed by atoms with Crippen LogP contribution in [0.3, 0.4) is 0 Å². The Kier molecular flexibility index (Phi) is 3.20. The highest BCUT2D eigenvalue weighted by molar-refractivity contribution is 6.30. The molecular weight excluding hydrogens is 250 g/mol. The van der Waals surface area contributed by atoms with Gasteiger partial charge < -0.3 is 0 Å². The molecular formula is C14H16ClNO2. The normalized spacial score (nSPS) is 20.7. The van der Waals surface area contributed by atoms with Crippen molar-refractivity contribution in [1.29, 1.82) is 0 Å². The molecule has 0 bridgehead atoms. The number of anilines is 1. The van der Waals surface area contributed by atoms with E-state index >= 15 is 0 Å². The number of nitrogens with zero attached hydrogens (tertiary/aromatic N) is 1. The maximum absolute atomic E-state index is 12.3. The Labute approximate surface area is 112 Å². The first-order valence-corrected chi connectivity index (χ1v) is 6.31. The summed E-state index contributed by atoms with van der Waals surface area (Å²) < 4.78 is 0. The monoisotopic (exact) mass is 265 g/mol. The second-order valence-corrected chi connectivity index (χ2v) is 6.10. The Balaban J connectivity index is 2.33. The average Bonchev–Trinajstić information content (AvgIpc) is 2.56. The Morgan fingerprint density at radius 3 is 2.17 bits per heavy atom. The molecule has 1 atom stereocenters. The van der Waals surface area contributed by atoms with Gasteiger partial charge in [-0.2, -0.15) is 0 Å². The highest BCUT2D eigenvalue weighted by Crippen LogP contribution is 2.37. The summed E-state index contributed by atoms with van der Waals surface area (Å²) in [6.45, 7) is 5.94. The van der Waals surface area contributed by atoms with Gasteiger partial charge in [-0.1, -0.05) is 32.4 Å². The Morgan fingerprint density at radius 2 is 1.72 bits per heavy atom. The van der Waals surface area contributed by atoms with Gasteiger partial charge in [-0.25, -0.2) is 0 Å². The molecule has 96 valence electrons. The van der Waals surface area contributed by atoms with Crippen LogP contribution in [0.5, 0.6) is 0 Å². The summed E-state index contributed by atoms with van der Waals surface area (Å²) in [5, 5.41) is 0.588. The lowest BCUT2D eigenvalue weighted by molar-refractivity contribution is -0.123. The summed E-state index contributed by atoms with van der Waals surface area (Å²) in [7, 11) is 0. The lowest BCUT2D eigenvalue weighted by Crippen LogP contribution is -2.33. The number of carbonyl (C=O) groups is 2. The van der Waals surface area contributed by atoms with Gasteiger partial charge in [0.1, 0.15) is 0 Å². The van der Waals surface area contributed by atoms with E-state index in [1.54, 1.807) is 24.3 Å². The van der Waals surface area contributed by atoms with E-state index in [0.717, 1.165) is 0 Å². The first-order chi connectivity index (χ1) is 8.30. The minimum absolute atomic E-state index is 0.116. The minimum Gasteiger partial charge on any atom is -0.274 e. The summed E-state index contributed by atoms with van der Waals surface area (Å²) in [5.74, 6) is -0.502. The quantitative estimate of drug-likeness (QED) is 0.731. The van der Waals surface area contributed by atoms with Crippen LogP contribution in [0.25, 0.3) is 0 Å². The molecule has 1 fully saturated rings. The third-order valence-corrected chi connectivity index (χ3v) is 3.53. The molecule has 0 spiro atoms. The maximum atomic E-state index is 12.3. The molecule has 4 heteroatoms. The molecule has 0 radical (unpaired) electrons. The van der Waals surface area contributed by atoms with Crippen molar-refractivity contribution in [2.75, 3.05) is 4.90 Å². The molecule has 2 rings (SSSR count). The fourth-order valence-corrected chi connectivity index (χ4v) is 2.30. The van der Waals surface area contributed by atoms with Crippen LogP contribution in [-0.2, 0) is 9.59 Å². The van der Waals surface area contributed by atoms with Crippen LogP contribution in [-0.4, -0.2) is 11.8 Å². The number of amides is 2. The molecule has 1 heterocycles. The average molecular weight is 266 g/mol. The molecule has 3 nitrogen and oxygen atoms in total. The van der Waals surface area contributed by atoms with Crippen LogP contribution in [0.15, 0.2) is 24.3 Å². The van der Waals surface area contributed by atoms with Gasteiger partial charge in [0.05, 0.1) is 11.6 Å². The smallest absolute Gasteiger partial charge is 0.237 e. The molecule has 1 aliphatic rings. The van der Waals surface area contributed by atoms with Crippen molar-refractivity contribution in [3.63, 3.8) is 0 Å². The third-order valence-electron chi connectivity index (χ3n) is 3.28. The van der Waals surface area contributed by atoms with Crippen LogP contribution in [0.2, 0.25) is 5.02 Å². The zero-order valence-corrected chi connectivity index (χ0v) is 11.5. The van der Waals surface area contributed by atoms with E-state index in [1.807, 2.05) is 20.8 Å². The molecule has 18 heavy (non-hydrogen) atoms. The molecule has 1 aromatic carbocycles. The number of benzene rings is 1. The van der Waals surface area contributed by atoms with Gasteiger partial charge in [0.25, 0.3) is 0 Å². The Hall–Kier alpha value is -1.35. The van der Waals surface area contributed by atoms with Crippen molar-refractivity contribution < 1.29 is 9.59 Å². The van der Waals surface area contributed by atoms with Crippen molar-refractivity contribution in [2.45, 2.75) is 27.2 Å². The largest absolute Gasteiger partial charge is 0.274 e. The lowest BCUT2D eigenvalue weighted by Gasteiger charge is -2.24.